The summed E-state index contributed by atoms with van der Waals surface area (Å²) in [5, 5.41) is 19.9. The molecule has 0 unspecified atom stereocenters. The first kappa shape index (κ1) is 13.4. The van der Waals surface area contributed by atoms with Crippen molar-refractivity contribution in [2.45, 2.75) is 18.7 Å². The van der Waals surface area contributed by atoms with E-state index in [0.717, 1.165) is 4.90 Å². The monoisotopic (exact) mass is 287 g/mol. The molecule has 1 atom stereocenters. The van der Waals surface area contributed by atoms with Gasteiger partial charge in [0, 0.05) is 11.1 Å². The van der Waals surface area contributed by atoms with Gasteiger partial charge >= 0.3 is 5.97 Å². The normalized spacial score (nSPS) is 20.6. The minimum Gasteiger partial charge on any atom is -0.481 e. The number of nitrogens with zero attached hydrogens (tertiary/aromatic N) is 1. The van der Waals surface area contributed by atoms with Gasteiger partial charge in [0.2, 0.25) is 0 Å². The zero-order valence-corrected chi connectivity index (χ0v) is 11.0. The summed E-state index contributed by atoms with van der Waals surface area (Å²) in [6.07, 6.45) is 0.871. The topological polar surface area (TPSA) is 91.0 Å². The largest absolute Gasteiger partial charge is 0.481 e. The van der Waals surface area contributed by atoms with E-state index in [1.807, 2.05) is 0 Å². The Morgan fingerprint density at radius 2 is 2.00 bits per heavy atom. The summed E-state index contributed by atoms with van der Waals surface area (Å²) in [7, 11) is 0. The first-order valence-corrected chi connectivity index (χ1v) is 6.40. The minimum absolute atomic E-state index is 0.00426. The number of amides is 1. The number of fused-ring (bicyclic) bond motifs is 1. The maximum absolute atomic E-state index is 12.5. The molecule has 0 saturated carbocycles. The highest BCUT2D eigenvalue weighted by Crippen LogP contribution is 2.40. The van der Waals surface area contributed by atoms with Crippen molar-refractivity contribution < 1.29 is 24.2 Å². The molecule has 2 aromatic rings. The van der Waals surface area contributed by atoms with Crippen molar-refractivity contribution in [3.8, 4) is 0 Å². The number of carbonyl (C=O) groups excluding carboxylic acids is 1. The molecule has 21 heavy (non-hydrogen) atoms. The van der Waals surface area contributed by atoms with Crippen LogP contribution >= 0.6 is 0 Å². The molecule has 1 aliphatic heterocycles. The lowest BCUT2D eigenvalue weighted by Gasteiger charge is -2.32. The molecule has 2 N–H and O–H groups in total. The second kappa shape index (κ2) is 4.75. The summed E-state index contributed by atoms with van der Waals surface area (Å²) >= 11 is 0. The highest BCUT2D eigenvalue weighted by molar-refractivity contribution is 6.00. The van der Waals surface area contributed by atoms with Crippen LogP contribution in [0.15, 0.2) is 47.1 Å². The van der Waals surface area contributed by atoms with Gasteiger partial charge in [-0.3, -0.25) is 14.5 Å². The van der Waals surface area contributed by atoms with Crippen LogP contribution in [-0.2, 0) is 17.1 Å². The molecule has 2 heterocycles. The van der Waals surface area contributed by atoms with Gasteiger partial charge in [0.05, 0.1) is 19.2 Å². The van der Waals surface area contributed by atoms with Gasteiger partial charge < -0.3 is 14.6 Å². The summed E-state index contributed by atoms with van der Waals surface area (Å²) in [6, 6.07) is 9.81. The number of rotatable bonds is 4. The number of hydrogen-bond acceptors (Lipinski definition) is 4. The Morgan fingerprint density at radius 1 is 1.24 bits per heavy atom. The molecule has 0 aliphatic carbocycles. The van der Waals surface area contributed by atoms with Crippen LogP contribution in [0.2, 0.25) is 0 Å². The Balaban J connectivity index is 2.05. The molecule has 1 amide bonds. The van der Waals surface area contributed by atoms with Gasteiger partial charge in [0.25, 0.3) is 5.91 Å². The third-order valence-electron chi connectivity index (χ3n) is 3.57. The van der Waals surface area contributed by atoms with Crippen molar-refractivity contribution in [3.63, 3.8) is 0 Å². The lowest BCUT2D eigenvalue weighted by atomic mass is 9.98. The third-order valence-corrected chi connectivity index (χ3v) is 3.57. The highest BCUT2D eigenvalue weighted by Gasteiger charge is 2.49. The van der Waals surface area contributed by atoms with Crippen LogP contribution in [-0.4, -0.2) is 27.0 Å². The van der Waals surface area contributed by atoms with E-state index >= 15 is 0 Å². The van der Waals surface area contributed by atoms with Gasteiger partial charge in [0.1, 0.15) is 5.76 Å². The van der Waals surface area contributed by atoms with Crippen molar-refractivity contribution in [3.05, 3.63) is 59.5 Å². The summed E-state index contributed by atoms with van der Waals surface area (Å²) in [6.45, 7) is 0.00426. The number of aliphatic carboxylic acids is 1. The molecular weight excluding hydrogens is 274 g/mol. The van der Waals surface area contributed by atoms with Crippen LogP contribution in [0, 0.1) is 0 Å². The van der Waals surface area contributed by atoms with E-state index in [4.69, 9.17) is 9.52 Å². The van der Waals surface area contributed by atoms with E-state index < -0.39 is 24.0 Å². The maximum atomic E-state index is 12.5. The molecule has 0 saturated heterocycles. The summed E-state index contributed by atoms with van der Waals surface area (Å²) in [5.41, 5.74) is -1.25. The Morgan fingerprint density at radius 3 is 2.67 bits per heavy atom. The second-order valence-corrected chi connectivity index (χ2v) is 4.90. The van der Waals surface area contributed by atoms with Crippen LogP contribution in [0.4, 0.5) is 0 Å². The highest BCUT2D eigenvalue weighted by atomic mass is 16.4. The minimum atomic E-state index is -1.87. The van der Waals surface area contributed by atoms with Crippen molar-refractivity contribution in [2.75, 3.05) is 0 Å². The fraction of sp³-hybridized carbons (Fsp3) is 0.200. The quantitative estimate of drug-likeness (QED) is 0.890. The Labute approximate surface area is 120 Å². The van der Waals surface area contributed by atoms with Crippen LogP contribution in [0.3, 0.4) is 0 Å². The number of aliphatic hydroxyl groups is 1. The van der Waals surface area contributed by atoms with E-state index in [2.05, 4.69) is 0 Å². The van der Waals surface area contributed by atoms with Crippen molar-refractivity contribution in [1.29, 1.82) is 0 Å². The molecule has 0 bridgehead atoms. The first-order chi connectivity index (χ1) is 10.0. The SMILES string of the molecule is O=C(O)C[C@]1(O)c2ccccc2C(=O)N1Cc1ccco1. The van der Waals surface area contributed by atoms with E-state index in [1.54, 1.807) is 36.4 Å². The Kier molecular flexibility index (Phi) is 3.03. The first-order valence-electron chi connectivity index (χ1n) is 6.40. The smallest absolute Gasteiger partial charge is 0.308 e. The van der Waals surface area contributed by atoms with E-state index in [9.17, 15) is 14.7 Å². The lowest BCUT2D eigenvalue weighted by Crippen LogP contribution is -2.44. The number of hydrogen-bond donors (Lipinski definition) is 2. The van der Waals surface area contributed by atoms with Crippen molar-refractivity contribution in [2.24, 2.45) is 0 Å². The second-order valence-electron chi connectivity index (χ2n) is 4.90. The summed E-state index contributed by atoms with van der Waals surface area (Å²) in [5.74, 6) is -1.13. The molecule has 1 aromatic heterocycles. The van der Waals surface area contributed by atoms with Crippen LogP contribution in [0.5, 0.6) is 0 Å². The third kappa shape index (κ3) is 2.09. The molecule has 1 aliphatic rings. The van der Waals surface area contributed by atoms with E-state index in [0.29, 0.717) is 16.9 Å². The number of carbonyl (C=O) groups is 2. The average Bonchev–Trinajstić information content (AvgIpc) is 3.02. The molecule has 6 heteroatoms. The zero-order valence-electron chi connectivity index (χ0n) is 11.0. The molecule has 0 radical (unpaired) electrons. The Bertz CT molecular complexity index is 694. The molecular formula is C15H13NO5. The number of benzene rings is 1. The van der Waals surface area contributed by atoms with Crippen LogP contribution < -0.4 is 0 Å². The fourth-order valence-corrected chi connectivity index (χ4v) is 2.64. The number of carboxylic acids is 1. The summed E-state index contributed by atoms with van der Waals surface area (Å²) in [4.78, 5) is 24.7. The molecule has 0 spiro atoms. The van der Waals surface area contributed by atoms with Gasteiger partial charge in [-0.15, -0.1) is 0 Å². The van der Waals surface area contributed by atoms with Gasteiger partial charge in [0.15, 0.2) is 5.72 Å². The van der Waals surface area contributed by atoms with E-state index in [1.165, 1.54) is 6.26 Å². The molecule has 108 valence electrons. The zero-order chi connectivity index (χ0) is 15.0. The maximum Gasteiger partial charge on any atom is 0.308 e. The van der Waals surface area contributed by atoms with Crippen LogP contribution in [0.25, 0.3) is 0 Å². The van der Waals surface area contributed by atoms with Gasteiger partial charge in [-0.05, 0) is 18.2 Å². The lowest BCUT2D eigenvalue weighted by molar-refractivity contribution is -0.153. The molecule has 1 aromatic carbocycles. The standard InChI is InChI=1S/C15H13NO5/c17-13(18)8-15(20)12-6-2-1-5-11(12)14(19)16(15)9-10-4-3-7-21-10/h1-7,20H,8-9H2,(H,17,18)/t15-/m0/s1. The van der Waals surface area contributed by atoms with Gasteiger partial charge in [-0.2, -0.15) is 0 Å². The Hall–Kier alpha value is -2.60. The van der Waals surface area contributed by atoms with Gasteiger partial charge in [-0.25, -0.2) is 0 Å². The van der Waals surface area contributed by atoms with Crippen LogP contribution in [0.1, 0.15) is 28.1 Å². The van der Waals surface area contributed by atoms with E-state index in [-0.39, 0.29) is 6.54 Å². The van der Waals surface area contributed by atoms with Crippen molar-refractivity contribution >= 4 is 11.9 Å². The average molecular weight is 287 g/mol. The summed E-state index contributed by atoms with van der Waals surface area (Å²) < 4.78 is 5.19. The van der Waals surface area contributed by atoms with Crippen molar-refractivity contribution in [1.82, 2.24) is 4.90 Å². The van der Waals surface area contributed by atoms with Gasteiger partial charge in [-0.1, -0.05) is 18.2 Å². The predicted octanol–water partition coefficient (Wildman–Crippen LogP) is 1.56. The molecule has 3 rings (SSSR count). The predicted molar refractivity (Wildman–Crippen MR) is 71.2 cm³/mol. The number of furan rings is 1. The number of carboxylic acid groups (broad SMARTS) is 1. The molecule has 6 nitrogen and oxygen atoms in total. The fourth-order valence-electron chi connectivity index (χ4n) is 2.64. The molecule has 0 fully saturated rings.